The van der Waals surface area contributed by atoms with Gasteiger partial charge >= 0.3 is 0 Å². The number of nitrogens with one attached hydrogen (secondary N) is 1. The van der Waals surface area contributed by atoms with Crippen LogP contribution in [0.2, 0.25) is 0 Å². The summed E-state index contributed by atoms with van der Waals surface area (Å²) in [5.74, 6) is 1.78. The molecule has 0 aromatic carbocycles. The van der Waals surface area contributed by atoms with Crippen LogP contribution >= 0.6 is 0 Å². The lowest BCUT2D eigenvalue weighted by atomic mass is 9.85. The van der Waals surface area contributed by atoms with Crippen LogP contribution in [0.4, 0.5) is 5.82 Å². The molecule has 2 N–H and O–H groups in total. The highest BCUT2D eigenvalue weighted by Gasteiger charge is 2.25. The fourth-order valence-electron chi connectivity index (χ4n) is 2.65. The molecule has 2 atom stereocenters. The van der Waals surface area contributed by atoms with Gasteiger partial charge in [-0.2, -0.15) is 0 Å². The summed E-state index contributed by atoms with van der Waals surface area (Å²) in [7, 11) is 0. The number of hydrogen-bond acceptors (Lipinski definition) is 5. The van der Waals surface area contributed by atoms with Crippen molar-refractivity contribution in [1.29, 1.82) is 0 Å². The first-order chi connectivity index (χ1) is 9.26. The van der Waals surface area contributed by atoms with E-state index in [1.54, 1.807) is 0 Å². The number of rotatable bonds is 5. The number of hydrogen-bond donors (Lipinski definition) is 2. The Morgan fingerprint density at radius 3 is 2.89 bits per heavy atom. The summed E-state index contributed by atoms with van der Waals surface area (Å²) in [5.41, 5.74) is 0.937. The normalized spacial score (nSPS) is 23.1. The van der Waals surface area contributed by atoms with Crippen molar-refractivity contribution in [3.63, 3.8) is 0 Å². The Morgan fingerprint density at radius 2 is 2.16 bits per heavy atom. The van der Waals surface area contributed by atoms with Crippen LogP contribution in [0.25, 0.3) is 0 Å². The van der Waals surface area contributed by atoms with Gasteiger partial charge in [-0.15, -0.1) is 0 Å². The van der Waals surface area contributed by atoms with E-state index >= 15 is 0 Å². The van der Waals surface area contributed by atoms with Gasteiger partial charge in [0, 0.05) is 18.6 Å². The maximum atomic E-state index is 9.45. The first kappa shape index (κ1) is 14.1. The number of aliphatic hydroxyl groups excluding tert-OH is 1. The molecule has 2 unspecified atom stereocenters. The number of aromatic nitrogens is 2. The zero-order valence-electron chi connectivity index (χ0n) is 11.7. The van der Waals surface area contributed by atoms with E-state index in [-0.39, 0.29) is 6.61 Å². The van der Waals surface area contributed by atoms with E-state index in [4.69, 9.17) is 4.74 Å². The third-order valence-corrected chi connectivity index (χ3v) is 3.78. The molecular weight excluding hydrogens is 242 g/mol. The standard InChI is InChI=1S/C14H23N3O2/c1-3-19-14-10(2)13(15-9-16-14)17-12-7-5-4-6-11(12)8-18/h9,11-12,18H,3-8H2,1-2H3,(H,15,16,17). The third kappa shape index (κ3) is 3.35. The van der Waals surface area contributed by atoms with Gasteiger partial charge in [-0.05, 0) is 26.7 Å². The predicted molar refractivity (Wildman–Crippen MR) is 74.4 cm³/mol. The number of anilines is 1. The van der Waals surface area contributed by atoms with E-state index in [1.807, 2.05) is 13.8 Å². The highest BCUT2D eigenvalue weighted by Crippen LogP contribution is 2.28. The van der Waals surface area contributed by atoms with Crippen LogP contribution < -0.4 is 10.1 Å². The molecule has 0 radical (unpaired) electrons. The topological polar surface area (TPSA) is 67.3 Å². The molecule has 2 rings (SSSR count). The first-order valence-electron chi connectivity index (χ1n) is 7.08. The van der Waals surface area contributed by atoms with Crippen molar-refractivity contribution in [3.8, 4) is 5.88 Å². The second-order valence-electron chi connectivity index (χ2n) is 5.06. The minimum atomic E-state index is 0.236. The van der Waals surface area contributed by atoms with Crippen LogP contribution in [0.1, 0.15) is 38.2 Å². The van der Waals surface area contributed by atoms with Gasteiger partial charge in [0.05, 0.1) is 12.2 Å². The second kappa shape index (κ2) is 6.70. The maximum absolute atomic E-state index is 9.45. The molecule has 1 aliphatic rings. The Kier molecular flexibility index (Phi) is 4.96. The van der Waals surface area contributed by atoms with E-state index in [9.17, 15) is 5.11 Å². The van der Waals surface area contributed by atoms with Gasteiger partial charge in [-0.1, -0.05) is 12.8 Å². The monoisotopic (exact) mass is 265 g/mol. The zero-order valence-corrected chi connectivity index (χ0v) is 11.7. The first-order valence-corrected chi connectivity index (χ1v) is 7.08. The molecule has 1 fully saturated rings. The number of nitrogens with zero attached hydrogens (tertiary/aromatic N) is 2. The molecule has 1 saturated carbocycles. The van der Waals surface area contributed by atoms with Crippen LogP contribution in [0.5, 0.6) is 5.88 Å². The van der Waals surface area contributed by atoms with Gasteiger partial charge in [-0.25, -0.2) is 9.97 Å². The fourth-order valence-corrected chi connectivity index (χ4v) is 2.65. The van der Waals surface area contributed by atoms with Crippen LogP contribution in [-0.4, -0.2) is 34.3 Å². The van der Waals surface area contributed by atoms with Crippen LogP contribution in [-0.2, 0) is 0 Å². The Morgan fingerprint density at radius 1 is 1.37 bits per heavy atom. The van der Waals surface area contributed by atoms with Gasteiger partial charge in [0.25, 0.3) is 0 Å². The molecule has 106 valence electrons. The van der Waals surface area contributed by atoms with E-state index in [2.05, 4.69) is 15.3 Å². The van der Waals surface area contributed by atoms with Crippen LogP contribution in [0, 0.1) is 12.8 Å². The molecule has 1 aromatic heterocycles. The van der Waals surface area contributed by atoms with Crippen molar-refractivity contribution in [2.75, 3.05) is 18.5 Å². The maximum Gasteiger partial charge on any atom is 0.221 e. The Labute approximate surface area is 114 Å². The largest absolute Gasteiger partial charge is 0.478 e. The highest BCUT2D eigenvalue weighted by molar-refractivity contribution is 5.48. The molecule has 1 aromatic rings. The summed E-state index contributed by atoms with van der Waals surface area (Å²) < 4.78 is 5.48. The third-order valence-electron chi connectivity index (χ3n) is 3.78. The highest BCUT2D eigenvalue weighted by atomic mass is 16.5. The van der Waals surface area contributed by atoms with Crippen molar-refractivity contribution in [2.45, 2.75) is 45.6 Å². The second-order valence-corrected chi connectivity index (χ2v) is 5.06. The lowest BCUT2D eigenvalue weighted by Crippen LogP contribution is -2.34. The number of aliphatic hydroxyl groups is 1. The molecule has 0 amide bonds. The van der Waals surface area contributed by atoms with E-state index in [0.29, 0.717) is 24.4 Å². The van der Waals surface area contributed by atoms with Crippen molar-refractivity contribution in [1.82, 2.24) is 9.97 Å². The number of ether oxygens (including phenoxy) is 1. The zero-order chi connectivity index (χ0) is 13.7. The minimum absolute atomic E-state index is 0.236. The summed E-state index contributed by atoms with van der Waals surface area (Å²) in [6.45, 7) is 4.74. The van der Waals surface area contributed by atoms with Gasteiger partial charge in [0.2, 0.25) is 5.88 Å². The predicted octanol–water partition coefficient (Wildman–Crippen LogP) is 2.15. The molecular formula is C14H23N3O2. The van der Waals surface area contributed by atoms with Gasteiger partial charge in [0.1, 0.15) is 12.1 Å². The van der Waals surface area contributed by atoms with E-state index < -0.39 is 0 Å². The van der Waals surface area contributed by atoms with Crippen molar-refractivity contribution >= 4 is 5.82 Å². The van der Waals surface area contributed by atoms with Crippen molar-refractivity contribution in [3.05, 3.63) is 11.9 Å². The SMILES string of the molecule is CCOc1ncnc(NC2CCCCC2CO)c1C. The van der Waals surface area contributed by atoms with Crippen LogP contribution in [0.15, 0.2) is 6.33 Å². The summed E-state index contributed by atoms with van der Waals surface area (Å²) >= 11 is 0. The average molecular weight is 265 g/mol. The molecule has 0 spiro atoms. The molecule has 1 heterocycles. The lowest BCUT2D eigenvalue weighted by molar-refractivity contribution is 0.178. The van der Waals surface area contributed by atoms with Gasteiger partial charge < -0.3 is 15.2 Å². The smallest absolute Gasteiger partial charge is 0.221 e. The van der Waals surface area contributed by atoms with Crippen molar-refractivity contribution in [2.24, 2.45) is 5.92 Å². The lowest BCUT2D eigenvalue weighted by Gasteiger charge is -2.31. The summed E-state index contributed by atoms with van der Waals surface area (Å²) in [6, 6.07) is 0.293. The van der Waals surface area contributed by atoms with E-state index in [0.717, 1.165) is 24.2 Å². The summed E-state index contributed by atoms with van der Waals surface area (Å²) in [5, 5.41) is 12.9. The van der Waals surface area contributed by atoms with Crippen molar-refractivity contribution < 1.29 is 9.84 Å². The fraction of sp³-hybridized carbons (Fsp3) is 0.714. The Balaban J connectivity index is 2.11. The van der Waals surface area contributed by atoms with Crippen LogP contribution in [0.3, 0.4) is 0 Å². The van der Waals surface area contributed by atoms with E-state index in [1.165, 1.54) is 19.2 Å². The quantitative estimate of drug-likeness (QED) is 0.854. The average Bonchev–Trinajstić information content (AvgIpc) is 2.44. The Bertz CT molecular complexity index is 412. The summed E-state index contributed by atoms with van der Waals surface area (Å²) in [6.07, 6.45) is 6.10. The van der Waals surface area contributed by atoms with Gasteiger partial charge in [0.15, 0.2) is 0 Å². The molecule has 0 bridgehead atoms. The minimum Gasteiger partial charge on any atom is -0.478 e. The summed E-state index contributed by atoms with van der Waals surface area (Å²) in [4.78, 5) is 8.44. The molecule has 0 aliphatic heterocycles. The van der Waals surface area contributed by atoms with Gasteiger partial charge in [-0.3, -0.25) is 0 Å². The Hall–Kier alpha value is -1.36. The molecule has 19 heavy (non-hydrogen) atoms. The molecule has 5 heteroatoms. The molecule has 5 nitrogen and oxygen atoms in total. The molecule has 1 aliphatic carbocycles. The molecule has 0 saturated heterocycles.